The van der Waals surface area contributed by atoms with Gasteiger partial charge in [0.25, 0.3) is 5.69 Å². The monoisotopic (exact) mass is 238 g/mol. The second-order valence-corrected chi connectivity index (χ2v) is 4.05. The number of hydrogen-bond acceptors (Lipinski definition) is 4. The van der Waals surface area contributed by atoms with Crippen LogP contribution in [0.15, 0.2) is 24.3 Å². The lowest BCUT2D eigenvalue weighted by Gasteiger charge is -2.14. The Hall–Kier alpha value is -1.46. The third-order valence-corrected chi connectivity index (χ3v) is 2.63. The summed E-state index contributed by atoms with van der Waals surface area (Å²) >= 11 is 0. The van der Waals surface area contributed by atoms with E-state index in [9.17, 15) is 10.1 Å². The van der Waals surface area contributed by atoms with Crippen molar-refractivity contribution >= 4 is 5.69 Å². The Morgan fingerprint density at radius 1 is 1.29 bits per heavy atom. The summed E-state index contributed by atoms with van der Waals surface area (Å²) in [5.74, 6) is 0. The van der Waals surface area contributed by atoms with Gasteiger partial charge in [0.05, 0.1) is 11.5 Å². The van der Waals surface area contributed by atoms with Crippen LogP contribution in [0.25, 0.3) is 0 Å². The van der Waals surface area contributed by atoms with Gasteiger partial charge in [-0.2, -0.15) is 0 Å². The molecule has 94 valence electrons. The summed E-state index contributed by atoms with van der Waals surface area (Å²) in [6.07, 6.45) is 1.88. The molecule has 0 aliphatic rings. The summed E-state index contributed by atoms with van der Waals surface area (Å²) in [4.78, 5) is 12.1. The molecule has 0 atom stereocenters. The number of non-ortho nitro benzene ring substituents is 1. The van der Waals surface area contributed by atoms with Crippen LogP contribution in [-0.2, 0) is 6.42 Å². The number of aliphatic hydroxyl groups excluding tert-OH is 1. The van der Waals surface area contributed by atoms with Gasteiger partial charge in [0, 0.05) is 18.7 Å². The highest BCUT2D eigenvalue weighted by Gasteiger charge is 2.04. The van der Waals surface area contributed by atoms with Crippen LogP contribution in [0.5, 0.6) is 0 Å². The number of aliphatic hydroxyl groups is 1. The van der Waals surface area contributed by atoms with Crippen LogP contribution in [0.1, 0.15) is 12.0 Å². The van der Waals surface area contributed by atoms with Gasteiger partial charge < -0.3 is 10.0 Å². The smallest absolute Gasteiger partial charge is 0.269 e. The van der Waals surface area contributed by atoms with E-state index in [2.05, 4.69) is 4.90 Å². The average molecular weight is 238 g/mol. The van der Waals surface area contributed by atoms with Crippen molar-refractivity contribution in [2.45, 2.75) is 12.8 Å². The van der Waals surface area contributed by atoms with Crippen LogP contribution >= 0.6 is 0 Å². The Balaban J connectivity index is 2.34. The quantitative estimate of drug-likeness (QED) is 0.576. The van der Waals surface area contributed by atoms with E-state index < -0.39 is 4.92 Å². The number of nitro benzene ring substituents is 1. The average Bonchev–Trinajstić information content (AvgIpc) is 2.30. The van der Waals surface area contributed by atoms with Crippen molar-refractivity contribution in [2.75, 3.05) is 26.7 Å². The van der Waals surface area contributed by atoms with Crippen molar-refractivity contribution in [2.24, 2.45) is 0 Å². The number of nitrogens with zero attached hydrogens (tertiary/aromatic N) is 2. The molecule has 0 radical (unpaired) electrons. The molecule has 0 aliphatic heterocycles. The van der Waals surface area contributed by atoms with Crippen molar-refractivity contribution < 1.29 is 10.0 Å². The molecule has 17 heavy (non-hydrogen) atoms. The molecule has 1 aromatic carbocycles. The zero-order valence-electron chi connectivity index (χ0n) is 10.0. The first-order valence-corrected chi connectivity index (χ1v) is 5.66. The Morgan fingerprint density at radius 2 is 1.94 bits per heavy atom. The molecule has 1 aromatic rings. The molecule has 5 heteroatoms. The van der Waals surface area contributed by atoms with E-state index in [1.54, 1.807) is 12.1 Å². The van der Waals surface area contributed by atoms with E-state index in [4.69, 9.17) is 5.11 Å². The molecule has 1 N–H and O–H groups in total. The van der Waals surface area contributed by atoms with Gasteiger partial charge in [-0.1, -0.05) is 12.1 Å². The minimum Gasteiger partial charge on any atom is -0.395 e. The number of hydrogen-bond donors (Lipinski definition) is 1. The van der Waals surface area contributed by atoms with Crippen LogP contribution in [0, 0.1) is 10.1 Å². The lowest BCUT2D eigenvalue weighted by atomic mass is 10.1. The first-order chi connectivity index (χ1) is 8.13. The van der Waals surface area contributed by atoms with Crippen molar-refractivity contribution in [3.8, 4) is 0 Å². The topological polar surface area (TPSA) is 66.6 Å². The lowest BCUT2D eigenvalue weighted by Crippen LogP contribution is -2.23. The summed E-state index contributed by atoms with van der Waals surface area (Å²) in [5.41, 5.74) is 1.24. The van der Waals surface area contributed by atoms with Crippen LogP contribution in [-0.4, -0.2) is 41.7 Å². The molecule has 1 rings (SSSR count). The van der Waals surface area contributed by atoms with Gasteiger partial charge in [-0.05, 0) is 32.0 Å². The maximum atomic E-state index is 10.5. The standard InChI is InChI=1S/C12H18N2O3/c1-13(9-10-15)8-2-3-11-4-6-12(7-5-11)14(16)17/h4-7,15H,2-3,8-10H2,1H3. The van der Waals surface area contributed by atoms with E-state index >= 15 is 0 Å². The predicted octanol–water partition coefficient (Wildman–Crippen LogP) is 1.45. The molecule has 0 bridgehead atoms. The third kappa shape index (κ3) is 4.93. The maximum absolute atomic E-state index is 10.5. The van der Waals surface area contributed by atoms with Gasteiger partial charge in [0.2, 0.25) is 0 Å². The lowest BCUT2D eigenvalue weighted by molar-refractivity contribution is -0.384. The molecule has 0 spiro atoms. The van der Waals surface area contributed by atoms with Crippen molar-refractivity contribution in [1.82, 2.24) is 4.90 Å². The summed E-state index contributed by atoms with van der Waals surface area (Å²) in [6, 6.07) is 6.66. The molecule has 0 aliphatic carbocycles. The predicted molar refractivity (Wildman–Crippen MR) is 66.0 cm³/mol. The fraction of sp³-hybridized carbons (Fsp3) is 0.500. The van der Waals surface area contributed by atoms with Gasteiger partial charge in [-0.25, -0.2) is 0 Å². The molecular weight excluding hydrogens is 220 g/mol. The minimum absolute atomic E-state index is 0.131. The van der Waals surface area contributed by atoms with Crippen LogP contribution < -0.4 is 0 Å². The molecule has 0 heterocycles. The second kappa shape index (κ2) is 6.98. The van der Waals surface area contributed by atoms with E-state index in [1.807, 2.05) is 7.05 Å². The number of aryl methyl sites for hydroxylation is 1. The number of nitro groups is 1. The Kier molecular flexibility index (Phi) is 5.59. The molecule has 0 saturated heterocycles. The number of rotatable bonds is 7. The molecule has 0 aromatic heterocycles. The zero-order chi connectivity index (χ0) is 12.7. The molecule has 0 saturated carbocycles. The summed E-state index contributed by atoms with van der Waals surface area (Å²) in [7, 11) is 1.96. The van der Waals surface area contributed by atoms with Gasteiger partial charge in [0.1, 0.15) is 0 Å². The molecule has 0 unspecified atom stereocenters. The Bertz CT molecular complexity index is 351. The zero-order valence-corrected chi connectivity index (χ0v) is 10.0. The van der Waals surface area contributed by atoms with Crippen LogP contribution in [0.3, 0.4) is 0 Å². The second-order valence-electron chi connectivity index (χ2n) is 4.05. The summed E-state index contributed by atoms with van der Waals surface area (Å²) in [6.45, 7) is 1.77. The van der Waals surface area contributed by atoms with E-state index in [1.165, 1.54) is 12.1 Å². The maximum Gasteiger partial charge on any atom is 0.269 e. The van der Waals surface area contributed by atoms with E-state index in [-0.39, 0.29) is 12.3 Å². The molecule has 5 nitrogen and oxygen atoms in total. The molecular formula is C12H18N2O3. The Morgan fingerprint density at radius 3 is 2.47 bits per heavy atom. The normalized spacial score (nSPS) is 10.8. The SMILES string of the molecule is CN(CCO)CCCc1ccc([N+](=O)[O-])cc1. The molecule has 0 fully saturated rings. The number of benzene rings is 1. The van der Waals surface area contributed by atoms with Gasteiger partial charge in [-0.3, -0.25) is 10.1 Å². The number of likely N-dealkylation sites (N-methyl/N-ethyl adjacent to an activating group) is 1. The van der Waals surface area contributed by atoms with Crippen LogP contribution in [0.2, 0.25) is 0 Å². The fourth-order valence-corrected chi connectivity index (χ4v) is 1.62. The first-order valence-electron chi connectivity index (χ1n) is 5.66. The minimum atomic E-state index is -0.390. The molecule has 0 amide bonds. The highest BCUT2D eigenvalue weighted by Crippen LogP contribution is 2.13. The third-order valence-electron chi connectivity index (χ3n) is 2.63. The van der Waals surface area contributed by atoms with E-state index in [0.717, 1.165) is 24.9 Å². The van der Waals surface area contributed by atoms with Gasteiger partial charge >= 0.3 is 0 Å². The fourth-order valence-electron chi connectivity index (χ4n) is 1.62. The summed E-state index contributed by atoms with van der Waals surface area (Å²) < 4.78 is 0. The van der Waals surface area contributed by atoms with Crippen LogP contribution in [0.4, 0.5) is 5.69 Å². The van der Waals surface area contributed by atoms with Gasteiger partial charge in [-0.15, -0.1) is 0 Å². The Labute approximate surface area is 101 Å². The van der Waals surface area contributed by atoms with Gasteiger partial charge in [0.15, 0.2) is 0 Å². The van der Waals surface area contributed by atoms with E-state index in [0.29, 0.717) is 6.54 Å². The summed E-state index contributed by atoms with van der Waals surface area (Å²) in [5, 5.41) is 19.2. The largest absolute Gasteiger partial charge is 0.395 e. The highest BCUT2D eigenvalue weighted by atomic mass is 16.6. The first kappa shape index (κ1) is 13.6. The van der Waals surface area contributed by atoms with Crippen molar-refractivity contribution in [1.29, 1.82) is 0 Å². The van der Waals surface area contributed by atoms with Crippen molar-refractivity contribution in [3.63, 3.8) is 0 Å². The van der Waals surface area contributed by atoms with Crippen molar-refractivity contribution in [3.05, 3.63) is 39.9 Å². The highest BCUT2D eigenvalue weighted by molar-refractivity contribution is 5.32.